The van der Waals surface area contributed by atoms with Crippen LogP contribution in [0.5, 0.6) is 0 Å². The first kappa shape index (κ1) is 11.0. The first-order chi connectivity index (χ1) is 6.20. The third-order valence-electron chi connectivity index (χ3n) is 3.42. The van der Waals surface area contributed by atoms with Crippen molar-refractivity contribution in [3.8, 4) is 0 Å². The Morgan fingerprint density at radius 1 is 1.23 bits per heavy atom. The minimum absolute atomic E-state index is 0.770. The zero-order valence-corrected chi connectivity index (χ0v) is 9.77. The molecule has 1 heteroatoms. The van der Waals surface area contributed by atoms with Gasteiger partial charge in [0.05, 0.1) is 0 Å². The van der Waals surface area contributed by atoms with Crippen molar-refractivity contribution in [3.63, 3.8) is 0 Å². The number of hydrogen-bond acceptors (Lipinski definition) is 1. The molecule has 0 N–H and O–H groups in total. The molecular weight excluding hydrogens is 158 g/mol. The van der Waals surface area contributed by atoms with Gasteiger partial charge >= 0.3 is 0 Å². The van der Waals surface area contributed by atoms with Crippen molar-refractivity contribution in [2.45, 2.75) is 46.5 Å². The molecule has 1 aliphatic carbocycles. The van der Waals surface area contributed by atoms with E-state index in [1.165, 1.54) is 38.8 Å². The van der Waals surface area contributed by atoms with Crippen LogP contribution in [0.15, 0.2) is 0 Å². The van der Waals surface area contributed by atoms with Crippen LogP contribution >= 0.6 is 0 Å². The molecule has 0 aromatic carbocycles. The van der Waals surface area contributed by atoms with Crippen molar-refractivity contribution < 1.29 is 0 Å². The lowest BCUT2D eigenvalue weighted by molar-refractivity contribution is -0.00749. The highest BCUT2D eigenvalue weighted by atomic mass is 15.1. The normalized spacial score (nSPS) is 39.2. The van der Waals surface area contributed by atoms with Crippen LogP contribution in [-0.2, 0) is 0 Å². The van der Waals surface area contributed by atoms with E-state index in [0.717, 1.165) is 11.3 Å². The Bertz CT molecular complexity index is 142. The number of nitrogens with zero attached hydrogens (tertiary/aromatic N) is 1. The molecule has 0 aromatic rings. The van der Waals surface area contributed by atoms with Crippen LogP contribution in [0, 0.1) is 11.3 Å². The van der Waals surface area contributed by atoms with E-state index in [9.17, 15) is 0 Å². The van der Waals surface area contributed by atoms with E-state index < -0.39 is 0 Å². The van der Waals surface area contributed by atoms with E-state index >= 15 is 0 Å². The van der Waals surface area contributed by atoms with Gasteiger partial charge < -0.3 is 4.90 Å². The van der Waals surface area contributed by atoms with Gasteiger partial charge in [0.2, 0.25) is 0 Å². The zero-order chi connectivity index (χ0) is 9.90. The number of rotatable bonds is 0. The summed E-state index contributed by atoms with van der Waals surface area (Å²) in [6.07, 6.45) is 5.93. The molecule has 0 unspecified atom stereocenters. The Morgan fingerprint density at radius 3 is 2.31 bits per heavy atom. The average Bonchev–Trinajstić information content (AvgIpc) is 2.05. The third kappa shape index (κ3) is 2.46. The molecule has 13 heavy (non-hydrogen) atoms. The molecule has 0 radical (unpaired) electrons. The van der Waals surface area contributed by atoms with Gasteiger partial charge in [-0.3, -0.25) is 0 Å². The van der Waals surface area contributed by atoms with Gasteiger partial charge in [-0.2, -0.15) is 0 Å². The third-order valence-corrected chi connectivity index (χ3v) is 3.42. The lowest BCUT2D eigenvalue weighted by Crippen LogP contribution is -2.48. The molecule has 0 aromatic heterocycles. The quantitative estimate of drug-likeness (QED) is 0.557. The van der Waals surface area contributed by atoms with Gasteiger partial charge in [0, 0.05) is 6.54 Å². The summed E-state index contributed by atoms with van der Waals surface area (Å²) < 4.78 is 0. The molecule has 0 amide bonds. The summed E-state index contributed by atoms with van der Waals surface area (Å²) >= 11 is 0. The summed E-state index contributed by atoms with van der Waals surface area (Å²) in [7, 11) is 2.27. The number of likely N-dealkylation sites (tertiary alicyclic amines) is 1. The summed E-state index contributed by atoms with van der Waals surface area (Å²) in [5.74, 6) is 1.02. The molecule has 78 valence electrons. The predicted octanol–water partition coefficient (Wildman–Crippen LogP) is 3.15. The molecule has 1 saturated heterocycles. The van der Waals surface area contributed by atoms with E-state index in [4.69, 9.17) is 0 Å². The van der Waals surface area contributed by atoms with E-state index in [1.54, 1.807) is 0 Å². The topological polar surface area (TPSA) is 3.24 Å². The molecule has 1 spiro atoms. The van der Waals surface area contributed by atoms with Gasteiger partial charge in [-0.25, -0.2) is 0 Å². The fourth-order valence-corrected chi connectivity index (χ4v) is 3.21. The molecular formula is C12H25N. The fourth-order valence-electron chi connectivity index (χ4n) is 3.21. The van der Waals surface area contributed by atoms with Crippen LogP contribution in [0.25, 0.3) is 0 Å². The van der Waals surface area contributed by atoms with Crippen LogP contribution in [-0.4, -0.2) is 25.0 Å². The second kappa shape index (κ2) is 4.45. The predicted molar refractivity (Wildman–Crippen MR) is 58.9 cm³/mol. The maximum Gasteiger partial charge on any atom is 0.00351 e. The number of piperidine rings is 1. The highest BCUT2D eigenvalue weighted by Gasteiger charge is 2.43. The molecule has 2 rings (SSSR count). The van der Waals surface area contributed by atoms with Crippen molar-refractivity contribution >= 4 is 0 Å². The maximum atomic E-state index is 2.51. The van der Waals surface area contributed by atoms with Crippen LogP contribution in [0.4, 0.5) is 0 Å². The summed E-state index contributed by atoms with van der Waals surface area (Å²) in [6, 6.07) is 0. The van der Waals surface area contributed by atoms with E-state index in [-0.39, 0.29) is 0 Å². The maximum absolute atomic E-state index is 2.51. The van der Waals surface area contributed by atoms with Crippen LogP contribution in [0.1, 0.15) is 46.5 Å². The number of hydrogen-bond donors (Lipinski definition) is 0. The Kier molecular flexibility index (Phi) is 3.78. The highest BCUT2D eigenvalue weighted by Crippen LogP contribution is 2.50. The Balaban J connectivity index is 0.000000396. The van der Waals surface area contributed by atoms with E-state index in [0.29, 0.717) is 0 Å². The monoisotopic (exact) mass is 183 g/mol. The van der Waals surface area contributed by atoms with Crippen LogP contribution in [0.2, 0.25) is 0 Å². The van der Waals surface area contributed by atoms with Crippen molar-refractivity contribution in [1.29, 1.82) is 0 Å². The van der Waals surface area contributed by atoms with Crippen molar-refractivity contribution in [1.82, 2.24) is 4.90 Å². The highest BCUT2D eigenvalue weighted by molar-refractivity contribution is 4.95. The SMILES string of the molecule is CC.CC1CC2(CCCN(C)C2)C1. The van der Waals surface area contributed by atoms with E-state index in [1.807, 2.05) is 13.8 Å². The largest absolute Gasteiger partial charge is 0.306 e. The zero-order valence-electron chi connectivity index (χ0n) is 9.77. The molecule has 0 atom stereocenters. The average molecular weight is 183 g/mol. The lowest BCUT2D eigenvalue weighted by Gasteiger charge is -2.51. The van der Waals surface area contributed by atoms with Gasteiger partial charge in [-0.1, -0.05) is 20.8 Å². The summed E-state index contributed by atoms with van der Waals surface area (Å²) in [5, 5.41) is 0. The fraction of sp³-hybridized carbons (Fsp3) is 1.00. The molecule has 1 nitrogen and oxygen atoms in total. The summed E-state index contributed by atoms with van der Waals surface area (Å²) in [5.41, 5.74) is 0.770. The van der Waals surface area contributed by atoms with E-state index in [2.05, 4.69) is 18.9 Å². The Labute approximate surface area is 83.5 Å². The minimum Gasteiger partial charge on any atom is -0.306 e. The van der Waals surface area contributed by atoms with Gasteiger partial charge in [0.25, 0.3) is 0 Å². The molecule has 1 saturated carbocycles. The van der Waals surface area contributed by atoms with Crippen molar-refractivity contribution in [3.05, 3.63) is 0 Å². The van der Waals surface area contributed by atoms with Crippen molar-refractivity contribution in [2.75, 3.05) is 20.1 Å². The van der Waals surface area contributed by atoms with Gasteiger partial charge in [-0.05, 0) is 50.6 Å². The summed E-state index contributed by atoms with van der Waals surface area (Å²) in [4.78, 5) is 2.51. The smallest absolute Gasteiger partial charge is 0.00351 e. The van der Waals surface area contributed by atoms with Crippen LogP contribution in [0.3, 0.4) is 0 Å². The first-order valence-electron chi connectivity index (χ1n) is 5.89. The van der Waals surface area contributed by atoms with Gasteiger partial charge in [0.1, 0.15) is 0 Å². The molecule has 2 fully saturated rings. The second-order valence-electron chi connectivity index (χ2n) is 4.85. The van der Waals surface area contributed by atoms with Crippen LogP contribution < -0.4 is 0 Å². The molecule has 1 aliphatic heterocycles. The molecule has 1 heterocycles. The lowest BCUT2D eigenvalue weighted by atomic mass is 9.59. The standard InChI is InChI=1S/C10H19N.C2H6/c1-9-6-10(7-9)4-3-5-11(2)8-10;1-2/h9H,3-8H2,1-2H3;1-2H3. The second-order valence-corrected chi connectivity index (χ2v) is 4.85. The summed E-state index contributed by atoms with van der Waals surface area (Å²) in [6.45, 7) is 9.09. The first-order valence-corrected chi connectivity index (χ1v) is 5.89. The molecule has 0 bridgehead atoms. The Hall–Kier alpha value is -0.0400. The van der Waals surface area contributed by atoms with Crippen molar-refractivity contribution in [2.24, 2.45) is 11.3 Å². The minimum atomic E-state index is 0.770. The molecule has 2 aliphatic rings. The Morgan fingerprint density at radius 2 is 1.85 bits per heavy atom. The van der Waals surface area contributed by atoms with Gasteiger partial charge in [0.15, 0.2) is 0 Å². The van der Waals surface area contributed by atoms with Gasteiger partial charge in [-0.15, -0.1) is 0 Å².